The molecule has 0 spiro atoms. The van der Waals surface area contributed by atoms with Crippen LogP contribution in [0.5, 0.6) is 0 Å². The SMILES string of the molecule is S=c1nc2c(c(CN3CCCCC3)[nH]1)CCN2. The van der Waals surface area contributed by atoms with Crippen LogP contribution in [0.2, 0.25) is 0 Å². The van der Waals surface area contributed by atoms with Gasteiger partial charge in [0.15, 0.2) is 4.77 Å². The molecule has 2 aliphatic heterocycles. The molecule has 0 aliphatic carbocycles. The van der Waals surface area contributed by atoms with Crippen LogP contribution in [-0.2, 0) is 13.0 Å². The van der Waals surface area contributed by atoms with Crippen molar-refractivity contribution in [2.45, 2.75) is 32.2 Å². The van der Waals surface area contributed by atoms with Crippen molar-refractivity contribution in [2.24, 2.45) is 0 Å². The van der Waals surface area contributed by atoms with Gasteiger partial charge in [0.25, 0.3) is 0 Å². The smallest absolute Gasteiger partial charge is 0.199 e. The molecule has 0 aromatic carbocycles. The molecule has 3 rings (SSSR count). The summed E-state index contributed by atoms with van der Waals surface area (Å²) in [4.78, 5) is 10.1. The number of hydrogen-bond donors (Lipinski definition) is 2. The van der Waals surface area contributed by atoms with Gasteiger partial charge >= 0.3 is 0 Å². The summed E-state index contributed by atoms with van der Waals surface area (Å²) in [5.74, 6) is 1.00. The van der Waals surface area contributed by atoms with Crippen molar-refractivity contribution in [3.05, 3.63) is 16.0 Å². The van der Waals surface area contributed by atoms with Crippen LogP contribution in [0.3, 0.4) is 0 Å². The highest BCUT2D eigenvalue weighted by atomic mass is 32.1. The summed E-state index contributed by atoms with van der Waals surface area (Å²) < 4.78 is 0.602. The first-order valence-corrected chi connectivity index (χ1v) is 6.82. The molecule has 3 heterocycles. The van der Waals surface area contributed by atoms with Gasteiger partial charge in [-0.2, -0.15) is 0 Å². The van der Waals surface area contributed by atoms with E-state index >= 15 is 0 Å². The summed E-state index contributed by atoms with van der Waals surface area (Å²) in [6.45, 7) is 4.41. The zero-order valence-electron chi connectivity index (χ0n) is 9.96. The van der Waals surface area contributed by atoms with Gasteiger partial charge in [-0.15, -0.1) is 0 Å². The maximum absolute atomic E-state index is 5.18. The average Bonchev–Trinajstić information content (AvgIpc) is 2.78. The van der Waals surface area contributed by atoms with E-state index in [1.54, 1.807) is 0 Å². The van der Waals surface area contributed by atoms with E-state index in [9.17, 15) is 0 Å². The molecule has 92 valence electrons. The fraction of sp³-hybridized carbons (Fsp3) is 0.667. The largest absolute Gasteiger partial charge is 0.369 e. The van der Waals surface area contributed by atoms with Crippen molar-refractivity contribution in [3.63, 3.8) is 0 Å². The lowest BCUT2D eigenvalue weighted by Crippen LogP contribution is -2.30. The minimum atomic E-state index is 0.602. The number of aromatic nitrogens is 2. The maximum atomic E-state index is 5.18. The fourth-order valence-electron chi connectivity index (χ4n) is 2.74. The molecular formula is C12H18N4S. The maximum Gasteiger partial charge on any atom is 0.199 e. The number of hydrogen-bond acceptors (Lipinski definition) is 4. The van der Waals surface area contributed by atoms with Crippen LogP contribution in [-0.4, -0.2) is 34.5 Å². The first-order chi connectivity index (χ1) is 8.33. The summed E-state index contributed by atoms with van der Waals surface area (Å²) in [7, 11) is 0. The zero-order valence-corrected chi connectivity index (χ0v) is 10.8. The molecule has 2 aliphatic rings. The number of nitrogens with one attached hydrogen (secondary N) is 2. The van der Waals surface area contributed by atoms with Gasteiger partial charge in [0.05, 0.1) is 0 Å². The Morgan fingerprint density at radius 1 is 1.24 bits per heavy atom. The van der Waals surface area contributed by atoms with Crippen LogP contribution in [0.25, 0.3) is 0 Å². The number of nitrogens with zero attached hydrogens (tertiary/aromatic N) is 2. The molecule has 0 unspecified atom stereocenters. The molecule has 17 heavy (non-hydrogen) atoms. The van der Waals surface area contributed by atoms with Gasteiger partial charge in [-0.1, -0.05) is 6.42 Å². The molecule has 1 aromatic rings. The molecular weight excluding hydrogens is 232 g/mol. The lowest BCUT2D eigenvalue weighted by Gasteiger charge is -2.26. The molecule has 0 amide bonds. The number of H-pyrrole nitrogens is 1. The third-order valence-corrected chi connectivity index (χ3v) is 3.81. The van der Waals surface area contributed by atoms with Gasteiger partial charge < -0.3 is 10.3 Å². The summed E-state index contributed by atoms with van der Waals surface area (Å²) in [5.41, 5.74) is 2.61. The predicted octanol–water partition coefficient (Wildman–Crippen LogP) is 2.09. The van der Waals surface area contributed by atoms with Crippen molar-refractivity contribution < 1.29 is 0 Å². The van der Waals surface area contributed by atoms with E-state index in [0.29, 0.717) is 4.77 Å². The number of piperidine rings is 1. The number of fused-ring (bicyclic) bond motifs is 1. The average molecular weight is 250 g/mol. The predicted molar refractivity (Wildman–Crippen MR) is 70.7 cm³/mol. The molecule has 1 saturated heterocycles. The number of rotatable bonds is 2. The first-order valence-electron chi connectivity index (χ1n) is 6.41. The van der Waals surface area contributed by atoms with Gasteiger partial charge in [0, 0.05) is 24.3 Å². The Labute approximate surface area is 106 Å². The van der Waals surface area contributed by atoms with Gasteiger partial charge in [-0.05, 0) is 44.6 Å². The van der Waals surface area contributed by atoms with Crippen molar-refractivity contribution in [3.8, 4) is 0 Å². The molecule has 0 radical (unpaired) electrons. The standard InChI is InChI=1S/C12H18N4S/c17-12-14-10(8-16-6-2-1-3-7-16)9-4-5-13-11(9)15-12/h1-8H2,(H2,13,14,15,17). The molecule has 1 fully saturated rings. The van der Waals surface area contributed by atoms with E-state index in [-0.39, 0.29) is 0 Å². The highest BCUT2D eigenvalue weighted by Gasteiger charge is 2.19. The molecule has 2 N–H and O–H groups in total. The molecule has 1 aromatic heterocycles. The number of aromatic amines is 1. The number of anilines is 1. The Balaban J connectivity index is 1.84. The van der Waals surface area contributed by atoms with Crippen LogP contribution >= 0.6 is 12.2 Å². The second-order valence-electron chi connectivity index (χ2n) is 4.86. The van der Waals surface area contributed by atoms with Crippen LogP contribution in [0.15, 0.2) is 0 Å². The second-order valence-corrected chi connectivity index (χ2v) is 5.25. The van der Waals surface area contributed by atoms with Crippen molar-refractivity contribution in [2.75, 3.05) is 25.0 Å². The van der Waals surface area contributed by atoms with E-state index in [1.165, 1.54) is 43.6 Å². The van der Waals surface area contributed by atoms with Crippen LogP contribution in [0, 0.1) is 4.77 Å². The summed E-state index contributed by atoms with van der Waals surface area (Å²) >= 11 is 5.18. The summed E-state index contributed by atoms with van der Waals surface area (Å²) in [6.07, 6.45) is 5.10. The highest BCUT2D eigenvalue weighted by molar-refractivity contribution is 7.71. The van der Waals surface area contributed by atoms with Gasteiger partial charge in [0.2, 0.25) is 0 Å². The highest BCUT2D eigenvalue weighted by Crippen LogP contribution is 2.23. The zero-order chi connectivity index (χ0) is 11.7. The van der Waals surface area contributed by atoms with E-state index in [0.717, 1.165) is 25.3 Å². The Morgan fingerprint density at radius 2 is 2.06 bits per heavy atom. The van der Waals surface area contributed by atoms with Gasteiger partial charge in [-0.3, -0.25) is 4.90 Å². The minimum Gasteiger partial charge on any atom is -0.369 e. The third kappa shape index (κ3) is 2.35. The van der Waals surface area contributed by atoms with Gasteiger partial charge in [0.1, 0.15) is 5.82 Å². The van der Waals surface area contributed by atoms with E-state index < -0.39 is 0 Å². The first kappa shape index (κ1) is 11.2. The molecule has 4 nitrogen and oxygen atoms in total. The van der Waals surface area contributed by atoms with Crippen LogP contribution in [0.1, 0.15) is 30.5 Å². The van der Waals surface area contributed by atoms with Crippen LogP contribution in [0.4, 0.5) is 5.82 Å². The molecule has 0 bridgehead atoms. The van der Waals surface area contributed by atoms with E-state index in [1.807, 2.05) is 0 Å². The van der Waals surface area contributed by atoms with Gasteiger partial charge in [-0.25, -0.2) is 4.98 Å². The number of likely N-dealkylation sites (tertiary alicyclic amines) is 1. The third-order valence-electron chi connectivity index (χ3n) is 3.62. The topological polar surface area (TPSA) is 44.0 Å². The van der Waals surface area contributed by atoms with E-state index in [2.05, 4.69) is 20.2 Å². The Hall–Kier alpha value is -0.940. The Morgan fingerprint density at radius 3 is 2.88 bits per heavy atom. The molecule has 5 heteroatoms. The fourth-order valence-corrected chi connectivity index (χ4v) is 2.96. The normalized spacial score (nSPS) is 20.0. The lowest BCUT2D eigenvalue weighted by molar-refractivity contribution is 0.218. The van der Waals surface area contributed by atoms with E-state index in [4.69, 9.17) is 12.2 Å². The molecule has 0 atom stereocenters. The Kier molecular flexibility index (Phi) is 3.11. The van der Waals surface area contributed by atoms with Crippen LogP contribution < -0.4 is 5.32 Å². The van der Waals surface area contributed by atoms with Crippen molar-refractivity contribution in [1.29, 1.82) is 0 Å². The van der Waals surface area contributed by atoms with Crippen molar-refractivity contribution >= 4 is 18.0 Å². The monoisotopic (exact) mass is 250 g/mol. The molecule has 0 saturated carbocycles. The summed E-state index contributed by atoms with van der Waals surface area (Å²) in [6, 6.07) is 0. The quantitative estimate of drug-likeness (QED) is 0.789. The lowest BCUT2D eigenvalue weighted by atomic mass is 10.1. The minimum absolute atomic E-state index is 0.602. The summed E-state index contributed by atoms with van der Waals surface area (Å²) in [5, 5.41) is 3.30. The van der Waals surface area contributed by atoms with Crippen molar-refractivity contribution in [1.82, 2.24) is 14.9 Å². The second kappa shape index (κ2) is 4.74. The Bertz CT molecular complexity index is 462.